The molecular formula is C18H24F2OSi. The molecule has 2 aliphatic rings. The molecule has 0 aliphatic heterocycles. The van der Waals surface area contributed by atoms with Crippen molar-refractivity contribution in [1.82, 2.24) is 0 Å². The van der Waals surface area contributed by atoms with Crippen LogP contribution in [0.25, 0.3) is 0 Å². The first-order valence-electron chi connectivity index (χ1n) is 7.83. The number of halogens is 2. The van der Waals surface area contributed by atoms with Gasteiger partial charge in [0.05, 0.1) is 0 Å². The van der Waals surface area contributed by atoms with E-state index in [-0.39, 0.29) is 11.0 Å². The molecule has 1 spiro atoms. The van der Waals surface area contributed by atoms with E-state index in [4.69, 9.17) is 0 Å². The Morgan fingerprint density at radius 2 is 1.77 bits per heavy atom. The second-order valence-corrected chi connectivity index (χ2v) is 13.0. The second kappa shape index (κ2) is 5.45. The van der Waals surface area contributed by atoms with Crippen molar-refractivity contribution < 1.29 is 13.6 Å². The molecular weight excluding hydrogens is 298 g/mol. The summed E-state index contributed by atoms with van der Waals surface area (Å²) in [6.45, 7) is 11.0. The molecule has 1 fully saturated rings. The molecule has 0 saturated heterocycles. The molecule has 2 rings (SSSR count). The SMILES string of the molecule is CC(C)(C)[Si](C)(C)C#C[C@@H]1CCCC12C=C(F)C(=O)C(F)=C2. The van der Waals surface area contributed by atoms with Crippen molar-refractivity contribution >= 4 is 13.9 Å². The summed E-state index contributed by atoms with van der Waals surface area (Å²) in [4.78, 5) is 11.3. The average Bonchev–Trinajstić information content (AvgIpc) is 2.74. The molecule has 1 nitrogen and oxygen atoms in total. The van der Waals surface area contributed by atoms with Crippen LogP contribution in [0.1, 0.15) is 40.0 Å². The number of Topliss-reactive ketones (excluding diaryl/α,β-unsaturated/α-hetero) is 1. The highest BCUT2D eigenvalue weighted by atomic mass is 28.3. The van der Waals surface area contributed by atoms with E-state index in [0.717, 1.165) is 12.8 Å². The lowest BCUT2D eigenvalue weighted by Crippen LogP contribution is -2.36. The van der Waals surface area contributed by atoms with Gasteiger partial charge in [0, 0.05) is 11.3 Å². The first kappa shape index (κ1) is 17.1. The van der Waals surface area contributed by atoms with Gasteiger partial charge >= 0.3 is 0 Å². The zero-order chi connectivity index (χ0) is 16.8. The third-order valence-electron chi connectivity index (χ3n) is 5.41. The maximum absolute atomic E-state index is 13.8. The summed E-state index contributed by atoms with van der Waals surface area (Å²) in [5, 5.41) is 0.149. The van der Waals surface area contributed by atoms with E-state index in [1.807, 2.05) is 0 Å². The molecule has 0 aromatic heterocycles. The Labute approximate surface area is 132 Å². The molecule has 120 valence electrons. The zero-order valence-corrected chi connectivity index (χ0v) is 15.0. The Morgan fingerprint density at radius 3 is 2.27 bits per heavy atom. The highest BCUT2D eigenvalue weighted by Crippen LogP contribution is 2.49. The van der Waals surface area contributed by atoms with Gasteiger partial charge in [0.15, 0.2) is 11.7 Å². The third-order valence-corrected chi connectivity index (χ3v) is 9.93. The highest BCUT2D eigenvalue weighted by Gasteiger charge is 2.44. The predicted molar refractivity (Wildman–Crippen MR) is 88.1 cm³/mol. The van der Waals surface area contributed by atoms with Crippen LogP contribution < -0.4 is 0 Å². The molecule has 0 aromatic carbocycles. The molecule has 2 aliphatic carbocycles. The first-order valence-corrected chi connectivity index (χ1v) is 10.8. The minimum Gasteiger partial charge on any atom is -0.283 e. The van der Waals surface area contributed by atoms with Crippen LogP contribution in [0.2, 0.25) is 18.1 Å². The number of rotatable bonds is 0. The minimum atomic E-state index is -1.76. The Bertz CT molecular complexity index is 589. The summed E-state index contributed by atoms with van der Waals surface area (Å²) in [5.41, 5.74) is 2.72. The number of carbonyl (C=O) groups excluding carboxylic acids is 1. The summed E-state index contributed by atoms with van der Waals surface area (Å²) in [7, 11) is -1.76. The largest absolute Gasteiger partial charge is 0.283 e. The quantitative estimate of drug-likeness (QED) is 0.447. The number of carbonyl (C=O) groups is 1. The van der Waals surface area contributed by atoms with Gasteiger partial charge in [-0.2, -0.15) is 0 Å². The number of hydrogen-bond donors (Lipinski definition) is 0. The fraction of sp³-hybridized carbons (Fsp3) is 0.611. The van der Waals surface area contributed by atoms with Crippen LogP contribution in [0.4, 0.5) is 8.78 Å². The second-order valence-electron chi connectivity index (χ2n) is 8.02. The molecule has 0 aromatic rings. The van der Waals surface area contributed by atoms with E-state index in [9.17, 15) is 13.6 Å². The Kier molecular flexibility index (Phi) is 4.25. The van der Waals surface area contributed by atoms with Gasteiger partial charge in [0.2, 0.25) is 5.78 Å². The van der Waals surface area contributed by atoms with E-state index >= 15 is 0 Å². The standard InChI is InChI=1S/C18H24F2OSi/c1-17(2,3)22(4,5)10-8-13-7-6-9-18(13)11-14(19)16(21)15(20)12-18/h11-13H,6-7,9H2,1-5H3/t13-/m0/s1. The van der Waals surface area contributed by atoms with Crippen molar-refractivity contribution in [2.45, 2.75) is 58.2 Å². The number of allylic oxidation sites excluding steroid dienone is 4. The van der Waals surface area contributed by atoms with Gasteiger partial charge in [-0.3, -0.25) is 4.79 Å². The molecule has 0 N–H and O–H groups in total. The fourth-order valence-electron chi connectivity index (χ4n) is 2.82. The summed E-state index contributed by atoms with van der Waals surface area (Å²) in [5.74, 6) is 0.144. The van der Waals surface area contributed by atoms with Crippen LogP contribution in [-0.2, 0) is 4.79 Å². The molecule has 4 heteroatoms. The van der Waals surface area contributed by atoms with Crippen molar-refractivity contribution in [2.24, 2.45) is 11.3 Å². The smallest absolute Gasteiger partial charge is 0.249 e. The van der Waals surface area contributed by atoms with E-state index in [1.165, 1.54) is 12.2 Å². The average molecular weight is 322 g/mol. The summed E-state index contributed by atoms with van der Waals surface area (Å²) in [6, 6.07) is 0. The Morgan fingerprint density at radius 1 is 1.23 bits per heavy atom. The zero-order valence-electron chi connectivity index (χ0n) is 14.0. The van der Waals surface area contributed by atoms with Crippen LogP contribution in [-0.4, -0.2) is 13.9 Å². The molecule has 0 heterocycles. The molecule has 0 bridgehead atoms. The normalized spacial score (nSPS) is 24.7. The van der Waals surface area contributed by atoms with Crippen molar-refractivity contribution in [3.63, 3.8) is 0 Å². The number of hydrogen-bond acceptors (Lipinski definition) is 1. The maximum atomic E-state index is 13.8. The monoisotopic (exact) mass is 322 g/mol. The topological polar surface area (TPSA) is 17.1 Å². The number of ketones is 1. The van der Waals surface area contributed by atoms with Crippen molar-refractivity contribution in [3.8, 4) is 11.5 Å². The van der Waals surface area contributed by atoms with Crippen LogP contribution in [0, 0.1) is 22.8 Å². The lowest BCUT2D eigenvalue weighted by atomic mass is 9.75. The van der Waals surface area contributed by atoms with E-state index in [0.29, 0.717) is 6.42 Å². The molecule has 22 heavy (non-hydrogen) atoms. The lowest BCUT2D eigenvalue weighted by Gasteiger charge is -2.33. The third kappa shape index (κ3) is 2.96. The van der Waals surface area contributed by atoms with Gasteiger partial charge in [-0.25, -0.2) is 8.78 Å². The van der Waals surface area contributed by atoms with Gasteiger partial charge in [0.1, 0.15) is 8.07 Å². The van der Waals surface area contributed by atoms with Crippen LogP contribution in [0.3, 0.4) is 0 Å². The lowest BCUT2D eigenvalue weighted by molar-refractivity contribution is -0.115. The Balaban J connectivity index is 2.37. The van der Waals surface area contributed by atoms with Gasteiger partial charge in [-0.1, -0.05) is 40.3 Å². The molecule has 1 atom stereocenters. The van der Waals surface area contributed by atoms with Crippen molar-refractivity contribution in [2.75, 3.05) is 0 Å². The van der Waals surface area contributed by atoms with Gasteiger partial charge < -0.3 is 0 Å². The maximum Gasteiger partial charge on any atom is 0.249 e. The van der Waals surface area contributed by atoms with Gasteiger partial charge in [-0.15, -0.1) is 11.5 Å². The Hall–Kier alpha value is -1.21. The summed E-state index contributed by atoms with van der Waals surface area (Å²) >= 11 is 0. The summed E-state index contributed by atoms with van der Waals surface area (Å²) < 4.78 is 27.5. The van der Waals surface area contributed by atoms with Gasteiger partial charge in [-0.05, 0) is 30.0 Å². The minimum absolute atomic E-state index is 0.105. The molecule has 0 radical (unpaired) electrons. The fourth-order valence-corrected chi connectivity index (χ4v) is 3.73. The first-order chi connectivity index (χ1) is 9.98. The van der Waals surface area contributed by atoms with Crippen molar-refractivity contribution in [3.05, 3.63) is 23.8 Å². The predicted octanol–water partition coefficient (Wildman–Crippen LogP) is 5.11. The molecule has 0 amide bonds. The van der Waals surface area contributed by atoms with E-state index < -0.39 is 30.9 Å². The van der Waals surface area contributed by atoms with Crippen LogP contribution >= 0.6 is 0 Å². The van der Waals surface area contributed by atoms with Crippen LogP contribution in [0.15, 0.2) is 23.8 Å². The van der Waals surface area contributed by atoms with E-state index in [2.05, 4.69) is 45.3 Å². The van der Waals surface area contributed by atoms with Crippen molar-refractivity contribution in [1.29, 1.82) is 0 Å². The van der Waals surface area contributed by atoms with Gasteiger partial charge in [0.25, 0.3) is 0 Å². The highest BCUT2D eigenvalue weighted by molar-refractivity contribution is 6.87. The summed E-state index contributed by atoms with van der Waals surface area (Å²) in [6.07, 6.45) is 4.95. The van der Waals surface area contributed by atoms with Crippen LogP contribution in [0.5, 0.6) is 0 Å². The molecule has 1 saturated carbocycles. The van der Waals surface area contributed by atoms with E-state index in [1.54, 1.807) is 0 Å². The molecule has 0 unspecified atom stereocenters.